The molecule has 19 heavy (non-hydrogen) atoms. The highest BCUT2D eigenvalue weighted by molar-refractivity contribution is 5.44. The fourth-order valence-corrected chi connectivity index (χ4v) is 2.19. The Morgan fingerprint density at radius 2 is 2.16 bits per heavy atom. The fraction of sp³-hybridized carbons (Fsp3) is 0.267. The number of hydrogen-bond acceptors (Lipinski definition) is 4. The molecule has 0 bridgehead atoms. The lowest BCUT2D eigenvalue weighted by molar-refractivity contribution is 0.243. The second-order valence-corrected chi connectivity index (χ2v) is 4.40. The third kappa shape index (κ3) is 2.47. The number of rotatable bonds is 4. The summed E-state index contributed by atoms with van der Waals surface area (Å²) in [6.45, 7) is 0.358. The van der Waals surface area contributed by atoms with E-state index >= 15 is 0 Å². The second-order valence-electron chi connectivity index (χ2n) is 4.40. The molecular formula is C15H15NO3. The first-order valence-electron chi connectivity index (χ1n) is 6.25. The van der Waals surface area contributed by atoms with Gasteiger partial charge in [0.15, 0.2) is 5.76 Å². The summed E-state index contributed by atoms with van der Waals surface area (Å²) in [5.74, 6) is 2.04. The Hall–Kier alpha value is -2.23. The molecular weight excluding hydrogens is 242 g/mol. The zero-order valence-corrected chi connectivity index (χ0v) is 10.8. The van der Waals surface area contributed by atoms with Crippen molar-refractivity contribution in [2.45, 2.75) is 19.4 Å². The Labute approximate surface area is 111 Å². The number of nitrogens with zero attached hydrogens (tertiary/aromatic N) is 1. The van der Waals surface area contributed by atoms with Crippen molar-refractivity contribution in [3.63, 3.8) is 0 Å². The molecule has 0 saturated carbocycles. The molecule has 0 amide bonds. The van der Waals surface area contributed by atoms with Crippen LogP contribution in [0.3, 0.4) is 0 Å². The summed E-state index contributed by atoms with van der Waals surface area (Å²) in [6, 6.07) is 7.89. The molecule has 0 saturated heterocycles. The van der Waals surface area contributed by atoms with Crippen LogP contribution in [-0.4, -0.2) is 12.3 Å². The molecule has 3 rings (SSSR count). The van der Waals surface area contributed by atoms with E-state index in [0.29, 0.717) is 18.2 Å². The zero-order chi connectivity index (χ0) is 13.1. The lowest BCUT2D eigenvalue weighted by Crippen LogP contribution is -2.03. The van der Waals surface area contributed by atoms with Gasteiger partial charge in [0.2, 0.25) is 0 Å². The molecule has 0 atom stereocenters. The van der Waals surface area contributed by atoms with Crippen LogP contribution in [0.15, 0.2) is 40.9 Å². The van der Waals surface area contributed by atoms with Crippen molar-refractivity contribution in [2.24, 2.45) is 0 Å². The Morgan fingerprint density at radius 1 is 1.26 bits per heavy atom. The van der Waals surface area contributed by atoms with Gasteiger partial charge in [-0.1, -0.05) is 24.3 Å². The van der Waals surface area contributed by atoms with Crippen LogP contribution in [0.2, 0.25) is 0 Å². The summed E-state index contributed by atoms with van der Waals surface area (Å²) in [7, 11) is 1.56. The number of methoxy groups -OCH3 is 1. The SMILES string of the molecule is COc1cc(COc2cccc3c2CC=CC3)on1. The number of allylic oxidation sites excluding steroid dienone is 2. The first kappa shape index (κ1) is 11.8. The van der Waals surface area contributed by atoms with Crippen LogP contribution in [-0.2, 0) is 19.4 Å². The monoisotopic (exact) mass is 257 g/mol. The van der Waals surface area contributed by atoms with Gasteiger partial charge in [-0.15, -0.1) is 0 Å². The summed E-state index contributed by atoms with van der Waals surface area (Å²) in [5, 5.41) is 3.75. The van der Waals surface area contributed by atoms with Crippen molar-refractivity contribution in [3.05, 3.63) is 53.3 Å². The normalized spacial score (nSPS) is 13.1. The highest BCUT2D eigenvalue weighted by Crippen LogP contribution is 2.27. The van der Waals surface area contributed by atoms with Crippen LogP contribution < -0.4 is 9.47 Å². The molecule has 0 radical (unpaired) electrons. The molecule has 1 heterocycles. The molecule has 0 spiro atoms. The highest BCUT2D eigenvalue weighted by Gasteiger charge is 2.12. The summed E-state index contributed by atoms with van der Waals surface area (Å²) in [4.78, 5) is 0. The lowest BCUT2D eigenvalue weighted by atomic mass is 9.96. The Balaban J connectivity index is 1.74. The Morgan fingerprint density at radius 3 is 3.00 bits per heavy atom. The minimum atomic E-state index is 0.358. The van der Waals surface area contributed by atoms with Crippen LogP contribution >= 0.6 is 0 Å². The second kappa shape index (κ2) is 5.18. The Kier molecular flexibility index (Phi) is 3.23. The molecule has 98 valence electrons. The van der Waals surface area contributed by atoms with E-state index in [1.54, 1.807) is 13.2 Å². The molecule has 2 aromatic rings. The maximum atomic E-state index is 5.83. The summed E-state index contributed by atoms with van der Waals surface area (Å²) >= 11 is 0. The Bertz CT molecular complexity index is 601. The first-order chi connectivity index (χ1) is 9.36. The molecule has 0 aliphatic heterocycles. The standard InChI is InChI=1S/C15H15NO3/c1-17-15-9-12(19-16-15)10-18-14-8-4-6-11-5-2-3-7-13(11)14/h2-4,6,8-9H,5,7,10H2,1H3. The number of ether oxygens (including phenoxy) is 2. The molecule has 1 aliphatic carbocycles. The molecule has 4 nitrogen and oxygen atoms in total. The van der Waals surface area contributed by atoms with Gasteiger partial charge in [-0.2, -0.15) is 0 Å². The van der Waals surface area contributed by atoms with Gasteiger partial charge in [0.1, 0.15) is 12.4 Å². The van der Waals surface area contributed by atoms with E-state index in [-0.39, 0.29) is 0 Å². The average Bonchev–Trinajstić information content (AvgIpc) is 2.93. The van der Waals surface area contributed by atoms with E-state index < -0.39 is 0 Å². The topological polar surface area (TPSA) is 44.5 Å². The quantitative estimate of drug-likeness (QED) is 0.790. The third-order valence-corrected chi connectivity index (χ3v) is 3.17. The van der Waals surface area contributed by atoms with Gasteiger partial charge in [0.05, 0.1) is 7.11 Å². The maximum Gasteiger partial charge on any atom is 0.254 e. The van der Waals surface area contributed by atoms with Gasteiger partial charge >= 0.3 is 0 Å². The van der Waals surface area contributed by atoms with Gasteiger partial charge in [0, 0.05) is 11.6 Å². The van der Waals surface area contributed by atoms with Crippen molar-refractivity contribution in [2.75, 3.05) is 7.11 Å². The third-order valence-electron chi connectivity index (χ3n) is 3.17. The summed E-state index contributed by atoms with van der Waals surface area (Å²) in [5.41, 5.74) is 2.59. The molecule has 0 unspecified atom stereocenters. The fourth-order valence-electron chi connectivity index (χ4n) is 2.19. The van der Waals surface area contributed by atoms with Crippen molar-refractivity contribution >= 4 is 0 Å². The molecule has 1 aromatic carbocycles. The van der Waals surface area contributed by atoms with E-state index in [4.69, 9.17) is 14.0 Å². The largest absolute Gasteiger partial charge is 0.485 e. The number of fused-ring (bicyclic) bond motifs is 1. The van der Waals surface area contributed by atoms with Gasteiger partial charge in [-0.25, -0.2) is 0 Å². The van der Waals surface area contributed by atoms with Crippen LogP contribution in [0.25, 0.3) is 0 Å². The van der Waals surface area contributed by atoms with Crippen LogP contribution in [0.1, 0.15) is 16.9 Å². The highest BCUT2D eigenvalue weighted by atomic mass is 16.5. The van der Waals surface area contributed by atoms with E-state index in [0.717, 1.165) is 18.6 Å². The molecule has 1 aliphatic rings. The van der Waals surface area contributed by atoms with E-state index in [2.05, 4.69) is 23.4 Å². The van der Waals surface area contributed by atoms with Crippen molar-refractivity contribution in [1.29, 1.82) is 0 Å². The summed E-state index contributed by atoms with van der Waals surface area (Å²) < 4.78 is 15.9. The lowest BCUT2D eigenvalue weighted by Gasteiger charge is -2.15. The van der Waals surface area contributed by atoms with E-state index in [9.17, 15) is 0 Å². The van der Waals surface area contributed by atoms with Gasteiger partial charge < -0.3 is 14.0 Å². The minimum Gasteiger partial charge on any atom is -0.485 e. The predicted molar refractivity (Wildman–Crippen MR) is 70.4 cm³/mol. The number of aromatic nitrogens is 1. The van der Waals surface area contributed by atoms with Crippen molar-refractivity contribution < 1.29 is 14.0 Å². The minimum absolute atomic E-state index is 0.358. The van der Waals surface area contributed by atoms with Gasteiger partial charge in [-0.3, -0.25) is 0 Å². The van der Waals surface area contributed by atoms with Crippen molar-refractivity contribution in [1.82, 2.24) is 5.16 Å². The molecule has 0 N–H and O–H groups in total. The van der Waals surface area contributed by atoms with E-state index in [1.165, 1.54) is 11.1 Å². The van der Waals surface area contributed by atoms with E-state index in [1.807, 2.05) is 12.1 Å². The molecule has 4 heteroatoms. The maximum absolute atomic E-state index is 5.83. The van der Waals surface area contributed by atoms with Crippen LogP contribution in [0.5, 0.6) is 11.6 Å². The van der Waals surface area contributed by atoms with Crippen LogP contribution in [0, 0.1) is 0 Å². The number of hydrogen-bond donors (Lipinski definition) is 0. The van der Waals surface area contributed by atoms with Crippen molar-refractivity contribution in [3.8, 4) is 11.6 Å². The van der Waals surface area contributed by atoms with Gasteiger partial charge in [0.25, 0.3) is 5.88 Å². The smallest absolute Gasteiger partial charge is 0.254 e. The number of benzene rings is 1. The summed E-state index contributed by atoms with van der Waals surface area (Å²) in [6.07, 6.45) is 6.26. The first-order valence-corrected chi connectivity index (χ1v) is 6.25. The van der Waals surface area contributed by atoms with Crippen LogP contribution in [0.4, 0.5) is 0 Å². The zero-order valence-electron chi connectivity index (χ0n) is 10.8. The molecule has 1 aromatic heterocycles. The molecule has 0 fully saturated rings. The van der Waals surface area contributed by atoms with Gasteiger partial charge in [-0.05, 0) is 29.6 Å². The average molecular weight is 257 g/mol. The predicted octanol–water partition coefficient (Wildman–Crippen LogP) is 2.92.